The summed E-state index contributed by atoms with van der Waals surface area (Å²) in [7, 11) is 1.94. The van der Waals surface area contributed by atoms with Gasteiger partial charge in [0, 0.05) is 19.1 Å². The highest BCUT2D eigenvalue weighted by molar-refractivity contribution is 6.33. The first-order valence-electron chi connectivity index (χ1n) is 5.96. The molecule has 18 heavy (non-hydrogen) atoms. The van der Waals surface area contributed by atoms with E-state index in [0.717, 1.165) is 25.2 Å². The standard InChI is InChI=1S/C12H17ClN4O/c1-3-5-17-12(18)11(13)10(7-15-17)16-6-4-9(8-16)14-2/h3,7,9,14H,1,4-6,8H2,2H3. The summed E-state index contributed by atoms with van der Waals surface area (Å²) in [6.07, 6.45) is 4.32. The molecule has 1 aliphatic heterocycles. The molecule has 0 aliphatic carbocycles. The minimum absolute atomic E-state index is 0.239. The van der Waals surface area contributed by atoms with Crippen LogP contribution in [-0.2, 0) is 6.54 Å². The van der Waals surface area contributed by atoms with Crippen LogP contribution in [-0.4, -0.2) is 36.0 Å². The molecule has 0 spiro atoms. The summed E-state index contributed by atoms with van der Waals surface area (Å²) in [5, 5.41) is 7.58. The van der Waals surface area contributed by atoms with Crippen molar-refractivity contribution in [2.24, 2.45) is 0 Å². The number of hydrogen-bond acceptors (Lipinski definition) is 4. The van der Waals surface area contributed by atoms with Gasteiger partial charge in [-0.15, -0.1) is 6.58 Å². The largest absolute Gasteiger partial charge is 0.367 e. The van der Waals surface area contributed by atoms with Gasteiger partial charge in [0.1, 0.15) is 5.02 Å². The minimum atomic E-state index is -0.262. The average Bonchev–Trinajstić information content (AvgIpc) is 2.84. The predicted molar refractivity (Wildman–Crippen MR) is 73.4 cm³/mol. The maximum atomic E-state index is 12.0. The van der Waals surface area contributed by atoms with E-state index in [1.807, 2.05) is 7.05 Å². The molecule has 98 valence electrons. The van der Waals surface area contributed by atoms with Crippen molar-refractivity contribution in [1.29, 1.82) is 0 Å². The summed E-state index contributed by atoms with van der Waals surface area (Å²) in [6.45, 7) is 5.70. The van der Waals surface area contributed by atoms with E-state index in [1.54, 1.807) is 12.3 Å². The molecule has 1 fully saturated rings. The summed E-state index contributed by atoms with van der Waals surface area (Å²) < 4.78 is 1.31. The Kier molecular flexibility index (Phi) is 4.04. The van der Waals surface area contributed by atoms with Crippen LogP contribution in [0, 0.1) is 0 Å². The molecule has 1 aromatic heterocycles. The van der Waals surface area contributed by atoms with E-state index in [1.165, 1.54) is 4.68 Å². The normalized spacial score (nSPS) is 19.2. The van der Waals surface area contributed by atoms with Crippen molar-refractivity contribution < 1.29 is 0 Å². The summed E-state index contributed by atoms with van der Waals surface area (Å²) in [4.78, 5) is 14.1. The second-order valence-electron chi connectivity index (χ2n) is 4.34. The SMILES string of the molecule is C=CCn1ncc(N2CCC(NC)C2)c(Cl)c1=O. The highest BCUT2D eigenvalue weighted by Gasteiger charge is 2.24. The van der Waals surface area contributed by atoms with Crippen LogP contribution in [0.4, 0.5) is 5.69 Å². The van der Waals surface area contributed by atoms with Crippen LogP contribution in [0.15, 0.2) is 23.6 Å². The van der Waals surface area contributed by atoms with Gasteiger partial charge < -0.3 is 10.2 Å². The molecule has 0 saturated carbocycles. The van der Waals surface area contributed by atoms with Gasteiger partial charge in [-0.3, -0.25) is 4.79 Å². The lowest BCUT2D eigenvalue weighted by Gasteiger charge is -2.19. The van der Waals surface area contributed by atoms with Crippen LogP contribution in [0.2, 0.25) is 5.02 Å². The molecule has 1 N–H and O–H groups in total. The quantitative estimate of drug-likeness (QED) is 0.824. The highest BCUT2D eigenvalue weighted by Crippen LogP contribution is 2.24. The van der Waals surface area contributed by atoms with Gasteiger partial charge >= 0.3 is 0 Å². The molecule has 1 aliphatic rings. The molecule has 1 saturated heterocycles. The number of rotatable bonds is 4. The van der Waals surface area contributed by atoms with E-state index in [0.29, 0.717) is 12.6 Å². The Labute approximate surface area is 111 Å². The smallest absolute Gasteiger partial charge is 0.287 e. The molecule has 1 unspecified atom stereocenters. The Morgan fingerprint density at radius 2 is 2.50 bits per heavy atom. The second kappa shape index (κ2) is 5.54. The van der Waals surface area contributed by atoms with Gasteiger partial charge in [-0.05, 0) is 13.5 Å². The van der Waals surface area contributed by atoms with Crippen LogP contribution >= 0.6 is 11.6 Å². The first-order chi connectivity index (χ1) is 8.67. The van der Waals surface area contributed by atoms with Crippen LogP contribution < -0.4 is 15.8 Å². The Morgan fingerprint density at radius 1 is 1.72 bits per heavy atom. The number of allylic oxidation sites excluding steroid dienone is 1. The minimum Gasteiger partial charge on any atom is -0.367 e. The fourth-order valence-electron chi connectivity index (χ4n) is 2.14. The van der Waals surface area contributed by atoms with E-state index in [2.05, 4.69) is 21.9 Å². The number of halogens is 1. The van der Waals surface area contributed by atoms with E-state index >= 15 is 0 Å². The van der Waals surface area contributed by atoms with Gasteiger partial charge in [-0.1, -0.05) is 17.7 Å². The molecule has 6 heteroatoms. The maximum absolute atomic E-state index is 12.0. The molecule has 1 aromatic rings. The van der Waals surface area contributed by atoms with Crippen LogP contribution in [0.3, 0.4) is 0 Å². The van der Waals surface area contributed by atoms with Crippen molar-refractivity contribution in [3.63, 3.8) is 0 Å². The third-order valence-corrected chi connectivity index (χ3v) is 3.56. The van der Waals surface area contributed by atoms with Crippen molar-refractivity contribution in [1.82, 2.24) is 15.1 Å². The average molecular weight is 269 g/mol. The van der Waals surface area contributed by atoms with Crippen molar-refractivity contribution in [3.8, 4) is 0 Å². The molecule has 0 amide bonds. The van der Waals surface area contributed by atoms with E-state index in [9.17, 15) is 4.79 Å². The van der Waals surface area contributed by atoms with Crippen molar-refractivity contribution >= 4 is 17.3 Å². The zero-order valence-electron chi connectivity index (χ0n) is 10.4. The number of hydrogen-bond donors (Lipinski definition) is 1. The zero-order valence-corrected chi connectivity index (χ0v) is 11.2. The second-order valence-corrected chi connectivity index (χ2v) is 4.72. The third-order valence-electron chi connectivity index (χ3n) is 3.21. The lowest BCUT2D eigenvalue weighted by Crippen LogP contribution is -2.31. The summed E-state index contributed by atoms with van der Waals surface area (Å²) in [6, 6.07) is 0.441. The number of anilines is 1. The van der Waals surface area contributed by atoms with Gasteiger partial charge in [0.05, 0.1) is 18.4 Å². The maximum Gasteiger partial charge on any atom is 0.287 e. The summed E-state index contributed by atoms with van der Waals surface area (Å²) in [5.74, 6) is 0. The van der Waals surface area contributed by atoms with Crippen molar-refractivity contribution in [2.75, 3.05) is 25.0 Å². The molecular formula is C12H17ClN4O. The first kappa shape index (κ1) is 13.1. The van der Waals surface area contributed by atoms with Gasteiger partial charge in [0.15, 0.2) is 0 Å². The summed E-state index contributed by atoms with van der Waals surface area (Å²) >= 11 is 6.14. The Bertz CT molecular complexity index is 499. The Morgan fingerprint density at radius 3 is 3.11 bits per heavy atom. The summed E-state index contributed by atoms with van der Waals surface area (Å²) in [5.41, 5.74) is 0.460. The van der Waals surface area contributed by atoms with Crippen molar-refractivity contribution in [3.05, 3.63) is 34.2 Å². The third kappa shape index (κ3) is 2.42. The Balaban J connectivity index is 2.27. The van der Waals surface area contributed by atoms with Gasteiger partial charge in [0.25, 0.3) is 5.56 Å². The van der Waals surface area contributed by atoms with Crippen LogP contribution in [0.5, 0.6) is 0 Å². The number of likely N-dealkylation sites (N-methyl/N-ethyl adjacent to an activating group) is 1. The zero-order chi connectivity index (χ0) is 13.1. The monoisotopic (exact) mass is 268 g/mol. The molecule has 1 atom stereocenters. The van der Waals surface area contributed by atoms with Crippen LogP contribution in [0.1, 0.15) is 6.42 Å². The highest BCUT2D eigenvalue weighted by atomic mass is 35.5. The van der Waals surface area contributed by atoms with E-state index in [4.69, 9.17) is 11.6 Å². The fourth-order valence-corrected chi connectivity index (χ4v) is 2.41. The first-order valence-corrected chi connectivity index (χ1v) is 6.34. The molecule has 2 heterocycles. The van der Waals surface area contributed by atoms with Crippen LogP contribution in [0.25, 0.3) is 0 Å². The molecule has 5 nitrogen and oxygen atoms in total. The molecule has 0 radical (unpaired) electrons. The Hall–Kier alpha value is -1.33. The van der Waals surface area contributed by atoms with Crippen molar-refractivity contribution in [2.45, 2.75) is 19.0 Å². The lowest BCUT2D eigenvalue weighted by atomic mass is 10.3. The van der Waals surface area contributed by atoms with Gasteiger partial charge in [-0.25, -0.2) is 4.68 Å². The van der Waals surface area contributed by atoms with E-state index in [-0.39, 0.29) is 10.6 Å². The fraction of sp³-hybridized carbons (Fsp3) is 0.500. The van der Waals surface area contributed by atoms with Gasteiger partial charge in [0.2, 0.25) is 0 Å². The number of aromatic nitrogens is 2. The number of nitrogens with zero attached hydrogens (tertiary/aromatic N) is 3. The molecular weight excluding hydrogens is 252 g/mol. The lowest BCUT2D eigenvalue weighted by molar-refractivity contribution is 0.616. The van der Waals surface area contributed by atoms with E-state index < -0.39 is 0 Å². The number of nitrogens with one attached hydrogen (secondary N) is 1. The molecule has 0 aromatic carbocycles. The predicted octanol–water partition coefficient (Wildman–Crippen LogP) is 0.881. The molecule has 2 rings (SSSR count). The molecule has 0 bridgehead atoms. The topological polar surface area (TPSA) is 50.2 Å². The van der Waals surface area contributed by atoms with Gasteiger partial charge in [-0.2, -0.15) is 5.10 Å².